The Bertz CT molecular complexity index is 762. The molecule has 0 aliphatic rings. The highest BCUT2D eigenvalue weighted by Gasteiger charge is 2.12. The molecule has 0 bridgehead atoms. The lowest BCUT2D eigenvalue weighted by Crippen LogP contribution is -2.22. The largest absolute Gasteiger partial charge is 0.463 e. The molecule has 0 fully saturated rings. The molecule has 0 saturated heterocycles. The number of carbonyl (C=O) groups is 1. The number of benzene rings is 2. The van der Waals surface area contributed by atoms with E-state index < -0.39 is 0 Å². The Morgan fingerprint density at radius 2 is 1.76 bits per heavy atom. The molecular formula is C17H14ClNO2. The molecule has 0 aliphatic heterocycles. The summed E-state index contributed by atoms with van der Waals surface area (Å²) in [4.78, 5) is 12.2. The summed E-state index contributed by atoms with van der Waals surface area (Å²) in [6, 6.07) is 15.3. The molecule has 4 heteroatoms. The molecule has 1 N–H and O–H groups in total. The minimum Gasteiger partial charge on any atom is -0.463 e. The summed E-state index contributed by atoms with van der Waals surface area (Å²) in [5, 5.41) is 3.73. The molecule has 0 atom stereocenters. The Morgan fingerprint density at radius 3 is 2.52 bits per heavy atom. The summed E-state index contributed by atoms with van der Waals surface area (Å²) in [5.41, 5.74) is 3.37. The van der Waals surface area contributed by atoms with Gasteiger partial charge >= 0.3 is 0 Å². The van der Waals surface area contributed by atoms with Crippen molar-refractivity contribution in [2.75, 3.05) is 0 Å². The van der Waals surface area contributed by atoms with E-state index in [9.17, 15) is 4.79 Å². The van der Waals surface area contributed by atoms with Crippen LogP contribution in [0.15, 0.2) is 59.2 Å². The highest BCUT2D eigenvalue weighted by Crippen LogP contribution is 2.20. The fourth-order valence-electron chi connectivity index (χ4n) is 2.18. The van der Waals surface area contributed by atoms with Gasteiger partial charge in [0.25, 0.3) is 5.91 Å². The number of halogens is 1. The van der Waals surface area contributed by atoms with Gasteiger partial charge in [0.1, 0.15) is 11.8 Å². The van der Waals surface area contributed by atoms with Gasteiger partial charge < -0.3 is 9.73 Å². The molecule has 3 nitrogen and oxygen atoms in total. The summed E-state index contributed by atoms with van der Waals surface area (Å²) < 4.78 is 5.38. The number of nitrogens with one attached hydrogen (secondary N) is 1. The number of furan rings is 1. The molecule has 1 aromatic heterocycles. The predicted molar refractivity (Wildman–Crippen MR) is 83.4 cm³/mol. The molecule has 0 saturated carbocycles. The molecule has 106 valence electrons. The first-order valence-electron chi connectivity index (χ1n) is 6.66. The molecule has 21 heavy (non-hydrogen) atoms. The third kappa shape index (κ3) is 2.93. The third-order valence-electron chi connectivity index (χ3n) is 3.36. The highest BCUT2D eigenvalue weighted by molar-refractivity contribution is 6.17. The van der Waals surface area contributed by atoms with Gasteiger partial charge in [-0.2, -0.15) is 0 Å². The number of rotatable bonds is 4. The van der Waals surface area contributed by atoms with E-state index in [1.54, 1.807) is 0 Å². The van der Waals surface area contributed by atoms with Gasteiger partial charge in [0, 0.05) is 17.8 Å². The SMILES string of the molecule is O=C(NCc1ccc(CCl)cc1)c1coc2ccccc12. The summed E-state index contributed by atoms with van der Waals surface area (Å²) in [5.74, 6) is 0.356. The molecule has 1 amide bonds. The summed E-state index contributed by atoms with van der Waals surface area (Å²) in [7, 11) is 0. The van der Waals surface area contributed by atoms with Crippen LogP contribution in [0.4, 0.5) is 0 Å². The monoisotopic (exact) mass is 299 g/mol. The molecular weight excluding hydrogens is 286 g/mol. The molecule has 0 aliphatic carbocycles. The van der Waals surface area contributed by atoms with Crippen LogP contribution in [0.1, 0.15) is 21.5 Å². The molecule has 3 rings (SSSR count). The van der Waals surface area contributed by atoms with E-state index in [2.05, 4.69) is 5.32 Å². The van der Waals surface area contributed by atoms with E-state index in [0.29, 0.717) is 23.6 Å². The van der Waals surface area contributed by atoms with Crippen LogP contribution in [0.3, 0.4) is 0 Å². The molecule has 2 aromatic carbocycles. The molecule has 0 spiro atoms. The predicted octanol–water partition coefficient (Wildman–Crippen LogP) is 4.10. The Morgan fingerprint density at radius 1 is 1.05 bits per heavy atom. The van der Waals surface area contributed by atoms with Gasteiger partial charge in [-0.3, -0.25) is 4.79 Å². The van der Waals surface area contributed by atoms with Crippen molar-refractivity contribution < 1.29 is 9.21 Å². The minimum absolute atomic E-state index is 0.138. The van der Waals surface area contributed by atoms with E-state index in [4.69, 9.17) is 16.0 Å². The quantitative estimate of drug-likeness (QED) is 0.737. The van der Waals surface area contributed by atoms with Crippen molar-refractivity contribution >= 4 is 28.5 Å². The van der Waals surface area contributed by atoms with Crippen LogP contribution in [0, 0.1) is 0 Å². The van der Waals surface area contributed by atoms with E-state index in [1.807, 2.05) is 48.5 Å². The zero-order valence-corrected chi connectivity index (χ0v) is 12.1. The van der Waals surface area contributed by atoms with Gasteiger partial charge in [-0.25, -0.2) is 0 Å². The maximum absolute atomic E-state index is 12.2. The average molecular weight is 300 g/mol. The van der Waals surface area contributed by atoms with Gasteiger partial charge in [-0.15, -0.1) is 11.6 Å². The fourth-order valence-corrected chi connectivity index (χ4v) is 2.36. The van der Waals surface area contributed by atoms with Crippen LogP contribution >= 0.6 is 11.6 Å². The van der Waals surface area contributed by atoms with Gasteiger partial charge in [0.15, 0.2) is 0 Å². The zero-order valence-electron chi connectivity index (χ0n) is 11.3. The Labute approximate surface area is 127 Å². The molecule has 3 aromatic rings. The standard InChI is InChI=1S/C17H14ClNO2/c18-9-12-5-7-13(8-6-12)10-19-17(20)15-11-21-16-4-2-1-3-14(15)16/h1-8,11H,9-10H2,(H,19,20). The summed E-state index contributed by atoms with van der Waals surface area (Å²) >= 11 is 5.75. The van der Waals surface area contributed by atoms with Crippen LogP contribution in [0.5, 0.6) is 0 Å². The topological polar surface area (TPSA) is 42.2 Å². The first-order chi connectivity index (χ1) is 10.3. The number of fused-ring (bicyclic) bond motifs is 1. The first-order valence-corrected chi connectivity index (χ1v) is 7.19. The van der Waals surface area contributed by atoms with Crippen molar-refractivity contribution in [3.8, 4) is 0 Å². The fraction of sp³-hybridized carbons (Fsp3) is 0.118. The molecule has 0 radical (unpaired) electrons. The van der Waals surface area contributed by atoms with E-state index >= 15 is 0 Å². The van der Waals surface area contributed by atoms with Gasteiger partial charge in [-0.1, -0.05) is 42.5 Å². The van der Waals surface area contributed by atoms with E-state index in [1.165, 1.54) is 6.26 Å². The lowest BCUT2D eigenvalue weighted by molar-refractivity contribution is 0.0951. The smallest absolute Gasteiger partial charge is 0.255 e. The maximum atomic E-state index is 12.2. The van der Waals surface area contributed by atoms with Gasteiger partial charge in [0.05, 0.1) is 5.56 Å². The van der Waals surface area contributed by atoms with Crippen LogP contribution < -0.4 is 5.32 Å². The number of carbonyl (C=O) groups excluding carboxylic acids is 1. The number of para-hydroxylation sites is 1. The number of amides is 1. The van der Waals surface area contributed by atoms with Crippen LogP contribution in [-0.4, -0.2) is 5.91 Å². The second-order valence-electron chi connectivity index (χ2n) is 4.78. The van der Waals surface area contributed by atoms with Gasteiger partial charge in [-0.05, 0) is 17.2 Å². The lowest BCUT2D eigenvalue weighted by Gasteiger charge is -2.05. The number of hydrogen-bond donors (Lipinski definition) is 1. The average Bonchev–Trinajstić information content (AvgIpc) is 2.97. The summed E-state index contributed by atoms with van der Waals surface area (Å²) in [6.45, 7) is 0.473. The maximum Gasteiger partial charge on any atom is 0.255 e. The van der Waals surface area contributed by atoms with Crippen LogP contribution in [0.25, 0.3) is 11.0 Å². The Kier molecular flexibility index (Phi) is 3.93. The van der Waals surface area contributed by atoms with Gasteiger partial charge in [0.2, 0.25) is 0 Å². The van der Waals surface area contributed by atoms with Crippen molar-refractivity contribution in [2.45, 2.75) is 12.4 Å². The highest BCUT2D eigenvalue weighted by atomic mass is 35.5. The Hall–Kier alpha value is -2.26. The molecule has 1 heterocycles. The number of hydrogen-bond acceptors (Lipinski definition) is 2. The number of alkyl halides is 1. The minimum atomic E-state index is -0.138. The normalized spacial score (nSPS) is 10.7. The summed E-state index contributed by atoms with van der Waals surface area (Å²) in [6.07, 6.45) is 1.50. The van der Waals surface area contributed by atoms with E-state index in [-0.39, 0.29) is 5.91 Å². The van der Waals surface area contributed by atoms with Crippen molar-refractivity contribution in [1.82, 2.24) is 5.32 Å². The molecule has 0 unspecified atom stereocenters. The van der Waals surface area contributed by atoms with Crippen molar-refractivity contribution in [1.29, 1.82) is 0 Å². The second kappa shape index (κ2) is 6.02. The third-order valence-corrected chi connectivity index (χ3v) is 3.66. The van der Waals surface area contributed by atoms with Crippen molar-refractivity contribution in [3.63, 3.8) is 0 Å². The van der Waals surface area contributed by atoms with Crippen molar-refractivity contribution in [3.05, 3.63) is 71.5 Å². The first kappa shape index (κ1) is 13.7. The lowest BCUT2D eigenvalue weighted by atomic mass is 10.1. The Balaban J connectivity index is 1.71. The van der Waals surface area contributed by atoms with E-state index in [0.717, 1.165) is 16.5 Å². The van der Waals surface area contributed by atoms with Crippen LogP contribution in [-0.2, 0) is 12.4 Å². The zero-order chi connectivity index (χ0) is 14.7. The second-order valence-corrected chi connectivity index (χ2v) is 5.05. The van der Waals surface area contributed by atoms with Crippen LogP contribution in [0.2, 0.25) is 0 Å². The van der Waals surface area contributed by atoms with Crippen molar-refractivity contribution in [2.24, 2.45) is 0 Å².